The Bertz CT molecular complexity index is 1480. The number of aliphatic carboxylic acids is 1. The van der Waals surface area contributed by atoms with Gasteiger partial charge in [-0.25, -0.2) is 13.4 Å². The summed E-state index contributed by atoms with van der Waals surface area (Å²) in [6.07, 6.45) is 3.91. The number of thioether (sulfide) groups is 1. The molecule has 13 nitrogen and oxygen atoms in total. The van der Waals surface area contributed by atoms with Crippen LogP contribution in [0.1, 0.15) is 5.69 Å². The number of oxime groups is 1. The average molecular weight is 589 g/mol. The maximum Gasteiger partial charge on any atom is 0.407 e. The highest BCUT2D eigenvalue weighted by atomic mass is 32.2. The van der Waals surface area contributed by atoms with E-state index in [4.69, 9.17) is 5.73 Å². The fraction of sp³-hybridized carbons (Fsp3) is 0.300. The number of nitrogens with one attached hydrogen (secondary N) is 1. The number of nitrogens with zero attached hydrogens (tertiary/aromatic N) is 4. The molecule has 2 aliphatic rings. The van der Waals surface area contributed by atoms with Gasteiger partial charge in [0, 0.05) is 29.0 Å². The van der Waals surface area contributed by atoms with Gasteiger partial charge in [-0.05, 0) is 6.07 Å². The molecular weight excluding hydrogens is 570 g/mol. The lowest BCUT2D eigenvalue weighted by Gasteiger charge is -2.50. The first kappa shape index (κ1) is 27.4. The summed E-state index contributed by atoms with van der Waals surface area (Å²) in [4.78, 5) is 46.4. The molecule has 2 aromatic rings. The third-order valence-electron chi connectivity index (χ3n) is 5.36. The first-order chi connectivity index (χ1) is 17.9. The second-order valence-corrected chi connectivity index (χ2v) is 12.0. The third kappa shape index (κ3) is 5.60. The largest absolute Gasteiger partial charge is 0.543 e. The zero-order valence-corrected chi connectivity index (χ0v) is 21.7. The normalized spacial score (nSPS) is 19.7. The van der Waals surface area contributed by atoms with Crippen molar-refractivity contribution in [1.82, 2.24) is 15.2 Å². The van der Waals surface area contributed by atoms with Crippen LogP contribution in [0, 0.1) is 0 Å². The molecule has 1 saturated heterocycles. The van der Waals surface area contributed by atoms with Gasteiger partial charge >= 0.3 is 6.61 Å². The minimum atomic E-state index is -3.51. The molecule has 2 aliphatic heterocycles. The van der Waals surface area contributed by atoms with Crippen LogP contribution < -0.4 is 20.7 Å². The lowest BCUT2D eigenvalue weighted by molar-refractivity contribution is -0.690. The van der Waals surface area contributed by atoms with Gasteiger partial charge < -0.3 is 25.8 Å². The minimum Gasteiger partial charge on any atom is -0.543 e. The number of aromatic nitrogens is 2. The molecule has 1 unspecified atom stereocenters. The highest BCUT2D eigenvalue weighted by Gasteiger charge is 2.53. The first-order valence-corrected chi connectivity index (χ1v) is 14.3. The predicted molar refractivity (Wildman–Crippen MR) is 127 cm³/mol. The van der Waals surface area contributed by atoms with E-state index < -0.39 is 57.1 Å². The first-order valence-electron chi connectivity index (χ1n) is 10.5. The second-order valence-electron chi connectivity index (χ2n) is 7.96. The van der Waals surface area contributed by atoms with Gasteiger partial charge in [-0.15, -0.1) is 23.1 Å². The number of carbonyl (C=O) groups is 3. The van der Waals surface area contributed by atoms with Gasteiger partial charge in [-0.2, -0.15) is 13.3 Å². The number of pyridine rings is 1. The Labute approximate surface area is 221 Å². The molecule has 2 atom stereocenters. The SMILES string of the molecule is CS(=O)(=O)c1ccc[n+](CC2=C(C(=O)[O-])N3C(=O)C(NC(=O)C(=NOC(F)F)c4csc(N)n4)[C@H]3SC2)c1. The van der Waals surface area contributed by atoms with Crippen LogP contribution in [0.25, 0.3) is 0 Å². The van der Waals surface area contributed by atoms with Gasteiger partial charge in [0.25, 0.3) is 11.8 Å². The summed E-state index contributed by atoms with van der Waals surface area (Å²) < 4.78 is 50.2. The number of carbonyl (C=O) groups excluding carboxylic acids is 3. The number of halogens is 2. The summed E-state index contributed by atoms with van der Waals surface area (Å²) >= 11 is 2.06. The van der Waals surface area contributed by atoms with Crippen molar-refractivity contribution in [3.63, 3.8) is 0 Å². The quantitative estimate of drug-likeness (QED) is 0.150. The van der Waals surface area contributed by atoms with Gasteiger partial charge in [0.2, 0.25) is 0 Å². The highest BCUT2D eigenvalue weighted by molar-refractivity contribution is 8.00. The number of nitrogens with two attached hydrogens (primary N) is 1. The molecule has 202 valence electrons. The maximum absolute atomic E-state index is 12.9. The molecule has 0 saturated carbocycles. The van der Waals surface area contributed by atoms with Crippen molar-refractivity contribution < 1.29 is 46.1 Å². The summed E-state index contributed by atoms with van der Waals surface area (Å²) in [5, 5.41) is 18.0. The van der Waals surface area contributed by atoms with Crippen LogP contribution in [-0.2, 0) is 35.6 Å². The second kappa shape index (κ2) is 10.6. The van der Waals surface area contributed by atoms with Crippen LogP contribution in [0.2, 0.25) is 0 Å². The monoisotopic (exact) mass is 588 g/mol. The molecule has 2 amide bonds. The third-order valence-corrected chi connectivity index (χ3v) is 8.47. The molecular formula is C20H18F2N6O7S3. The number of anilines is 1. The van der Waals surface area contributed by atoms with Crippen molar-refractivity contribution >= 4 is 61.6 Å². The van der Waals surface area contributed by atoms with Crippen LogP contribution >= 0.6 is 23.1 Å². The van der Waals surface area contributed by atoms with Gasteiger partial charge in [0.05, 0.1) is 11.7 Å². The van der Waals surface area contributed by atoms with Crippen LogP contribution in [-0.4, -0.2) is 71.8 Å². The summed E-state index contributed by atoms with van der Waals surface area (Å²) in [7, 11) is -3.51. The Morgan fingerprint density at radius 2 is 2.18 bits per heavy atom. The van der Waals surface area contributed by atoms with Gasteiger partial charge in [-0.3, -0.25) is 14.5 Å². The maximum atomic E-state index is 12.9. The van der Waals surface area contributed by atoms with E-state index in [1.54, 1.807) is 6.20 Å². The molecule has 0 bridgehead atoms. The smallest absolute Gasteiger partial charge is 0.407 e. The molecule has 3 N–H and O–H groups in total. The number of fused-ring (bicyclic) bond motifs is 1. The standard InChI is InChI=1S/C20H18F2N6O7S3/c1-38(33,34)10-3-2-4-27(6-10)5-9-7-36-17-13(16(30)28(17)14(9)18(31)32)25-15(29)12(26-35-19(21)22)11-8-37-20(23)24-11/h2-4,6,8,13,17,19H,5,7H2,1H3,(H3-,23,24,25,29,31,32)/t13?,17-/m1/s1. The number of nitrogen functional groups attached to an aromatic ring is 1. The van der Waals surface area contributed by atoms with Gasteiger partial charge in [-0.1, -0.05) is 5.16 Å². The topological polar surface area (TPSA) is 188 Å². The zero-order valence-electron chi connectivity index (χ0n) is 19.2. The Morgan fingerprint density at radius 3 is 2.79 bits per heavy atom. The van der Waals surface area contributed by atoms with E-state index in [9.17, 15) is 36.7 Å². The number of rotatable bonds is 9. The molecule has 1 fully saturated rings. The van der Waals surface area contributed by atoms with Crippen molar-refractivity contribution in [3.05, 3.63) is 46.9 Å². The fourth-order valence-corrected chi connectivity index (χ4v) is 6.27. The van der Waals surface area contributed by atoms with Gasteiger partial charge in [0.15, 0.2) is 39.6 Å². The number of hydrogen-bond acceptors (Lipinski definition) is 12. The molecule has 4 rings (SSSR count). The molecule has 18 heteroatoms. The van der Waals surface area contributed by atoms with E-state index in [0.29, 0.717) is 0 Å². The Hall–Kier alpha value is -3.64. The summed E-state index contributed by atoms with van der Waals surface area (Å²) in [5.74, 6) is -3.37. The number of sulfone groups is 1. The van der Waals surface area contributed by atoms with Crippen LogP contribution in [0.4, 0.5) is 13.9 Å². The zero-order chi connectivity index (χ0) is 27.8. The average Bonchev–Trinajstić information content (AvgIpc) is 3.27. The van der Waals surface area contributed by atoms with Gasteiger partial charge in [0.1, 0.15) is 22.0 Å². The van der Waals surface area contributed by atoms with Crippen molar-refractivity contribution in [3.8, 4) is 0 Å². The number of amides is 2. The molecule has 0 aliphatic carbocycles. The Balaban J connectivity index is 1.55. The number of thiazole rings is 1. The number of carboxylic acid groups (broad SMARTS) is 1. The number of hydrogen-bond donors (Lipinski definition) is 2. The molecule has 4 heterocycles. The molecule has 0 aromatic carbocycles. The number of β-lactam (4-membered cyclic amide) rings is 1. The minimum absolute atomic E-state index is 0.0231. The van der Waals surface area contributed by atoms with Crippen molar-refractivity contribution in [2.45, 2.75) is 29.5 Å². The van der Waals surface area contributed by atoms with E-state index in [1.807, 2.05) is 0 Å². The van der Waals surface area contributed by atoms with E-state index in [-0.39, 0.29) is 33.6 Å². The summed E-state index contributed by atoms with van der Waals surface area (Å²) in [5.41, 5.74) is 4.61. The fourth-order valence-electron chi connectivity index (χ4n) is 3.73. The molecule has 0 spiro atoms. The Morgan fingerprint density at radius 1 is 1.45 bits per heavy atom. The lowest BCUT2D eigenvalue weighted by atomic mass is 10.0. The van der Waals surface area contributed by atoms with E-state index >= 15 is 0 Å². The van der Waals surface area contributed by atoms with Crippen molar-refractivity contribution in [2.75, 3.05) is 17.7 Å². The molecule has 0 radical (unpaired) electrons. The highest BCUT2D eigenvalue weighted by Crippen LogP contribution is 2.40. The van der Waals surface area contributed by atoms with Crippen molar-refractivity contribution in [2.24, 2.45) is 5.16 Å². The molecule has 2 aromatic heterocycles. The van der Waals surface area contributed by atoms with Crippen LogP contribution in [0.5, 0.6) is 0 Å². The molecule has 38 heavy (non-hydrogen) atoms. The predicted octanol–water partition coefficient (Wildman–Crippen LogP) is -1.54. The van der Waals surface area contributed by atoms with Crippen molar-refractivity contribution in [1.29, 1.82) is 0 Å². The van der Waals surface area contributed by atoms with E-state index in [2.05, 4.69) is 20.3 Å². The Kier molecular flexibility index (Phi) is 7.65. The van der Waals surface area contributed by atoms with E-state index in [0.717, 1.165) is 34.3 Å². The summed E-state index contributed by atoms with van der Waals surface area (Å²) in [6, 6.07) is 1.67. The number of alkyl halides is 2. The van der Waals surface area contributed by atoms with Crippen LogP contribution in [0.15, 0.2) is 51.2 Å². The lowest BCUT2D eigenvalue weighted by Crippen LogP contribution is -2.71. The number of carboxylic acids is 1. The summed E-state index contributed by atoms with van der Waals surface area (Å²) in [6.45, 7) is -3.37. The van der Waals surface area contributed by atoms with Crippen LogP contribution in [0.3, 0.4) is 0 Å². The van der Waals surface area contributed by atoms with E-state index in [1.165, 1.54) is 28.3 Å².